The first-order chi connectivity index (χ1) is 8.10. The van der Waals surface area contributed by atoms with Crippen LogP contribution in [0.25, 0.3) is 0 Å². The smallest absolute Gasteiger partial charge is 0.0194 e. The van der Waals surface area contributed by atoms with Crippen LogP contribution in [0.1, 0.15) is 39.5 Å². The SMILES string of the molecule is CCCNC(CCC)CN(C)CCCN(C)C. The van der Waals surface area contributed by atoms with Gasteiger partial charge in [0.05, 0.1) is 0 Å². The molecule has 0 heterocycles. The molecule has 0 radical (unpaired) electrons. The van der Waals surface area contributed by atoms with Gasteiger partial charge in [0.1, 0.15) is 0 Å². The van der Waals surface area contributed by atoms with Crippen LogP contribution in [0.4, 0.5) is 0 Å². The molecule has 0 amide bonds. The molecular formula is C14H33N3. The van der Waals surface area contributed by atoms with E-state index >= 15 is 0 Å². The van der Waals surface area contributed by atoms with E-state index in [1.807, 2.05) is 0 Å². The van der Waals surface area contributed by atoms with Crippen molar-refractivity contribution >= 4 is 0 Å². The zero-order valence-electron chi connectivity index (χ0n) is 12.6. The molecule has 1 N–H and O–H groups in total. The van der Waals surface area contributed by atoms with Gasteiger partial charge in [0.25, 0.3) is 0 Å². The number of hydrogen-bond acceptors (Lipinski definition) is 3. The minimum absolute atomic E-state index is 0.671. The molecule has 0 saturated carbocycles. The van der Waals surface area contributed by atoms with Crippen LogP contribution in [-0.4, -0.2) is 63.2 Å². The van der Waals surface area contributed by atoms with E-state index in [4.69, 9.17) is 0 Å². The molecule has 0 aromatic carbocycles. The molecule has 0 bridgehead atoms. The average molecular weight is 243 g/mol. The van der Waals surface area contributed by atoms with Crippen molar-refractivity contribution in [2.75, 3.05) is 47.3 Å². The molecule has 0 aliphatic rings. The summed E-state index contributed by atoms with van der Waals surface area (Å²) in [5, 5.41) is 3.65. The summed E-state index contributed by atoms with van der Waals surface area (Å²) in [4.78, 5) is 4.72. The van der Waals surface area contributed by atoms with Crippen LogP contribution in [0.15, 0.2) is 0 Å². The average Bonchev–Trinajstić information content (AvgIpc) is 2.25. The van der Waals surface area contributed by atoms with Crippen LogP contribution in [0.3, 0.4) is 0 Å². The lowest BCUT2D eigenvalue weighted by atomic mass is 10.1. The number of likely N-dealkylation sites (N-methyl/N-ethyl adjacent to an activating group) is 1. The molecule has 3 heteroatoms. The standard InChI is InChI=1S/C14H33N3/c1-6-9-14(15-10-7-2)13-17(5)12-8-11-16(3)4/h14-15H,6-13H2,1-5H3. The Bertz CT molecular complexity index is 160. The van der Waals surface area contributed by atoms with Crippen molar-refractivity contribution in [3.8, 4) is 0 Å². The zero-order chi connectivity index (χ0) is 13.1. The molecule has 0 aromatic rings. The molecule has 0 saturated heterocycles. The summed E-state index contributed by atoms with van der Waals surface area (Å²) in [5.41, 5.74) is 0. The molecule has 104 valence electrons. The highest BCUT2D eigenvalue weighted by atomic mass is 15.1. The van der Waals surface area contributed by atoms with Crippen LogP contribution in [-0.2, 0) is 0 Å². The van der Waals surface area contributed by atoms with E-state index in [2.05, 4.69) is 50.1 Å². The third kappa shape index (κ3) is 10.7. The van der Waals surface area contributed by atoms with Crippen molar-refractivity contribution in [3.63, 3.8) is 0 Å². The van der Waals surface area contributed by atoms with E-state index in [0.717, 1.165) is 6.54 Å². The maximum absolute atomic E-state index is 3.65. The Morgan fingerprint density at radius 2 is 1.71 bits per heavy atom. The van der Waals surface area contributed by atoms with Gasteiger partial charge in [0.2, 0.25) is 0 Å². The molecule has 0 fully saturated rings. The Morgan fingerprint density at radius 1 is 1.00 bits per heavy atom. The van der Waals surface area contributed by atoms with Gasteiger partial charge in [-0.3, -0.25) is 0 Å². The molecule has 0 aromatic heterocycles. The second-order valence-corrected chi connectivity index (χ2v) is 5.36. The highest BCUT2D eigenvalue weighted by molar-refractivity contribution is 4.70. The van der Waals surface area contributed by atoms with Crippen molar-refractivity contribution in [3.05, 3.63) is 0 Å². The molecule has 1 atom stereocenters. The summed E-state index contributed by atoms with van der Waals surface area (Å²) in [7, 11) is 6.53. The van der Waals surface area contributed by atoms with Gasteiger partial charge < -0.3 is 15.1 Å². The summed E-state index contributed by atoms with van der Waals surface area (Å²) in [5.74, 6) is 0. The predicted octanol–water partition coefficient (Wildman–Crippen LogP) is 2.04. The van der Waals surface area contributed by atoms with Crippen molar-refractivity contribution in [1.29, 1.82) is 0 Å². The minimum Gasteiger partial charge on any atom is -0.313 e. The van der Waals surface area contributed by atoms with Gasteiger partial charge in [-0.25, -0.2) is 0 Å². The van der Waals surface area contributed by atoms with Crippen molar-refractivity contribution in [2.24, 2.45) is 0 Å². The van der Waals surface area contributed by atoms with Crippen LogP contribution < -0.4 is 5.32 Å². The van der Waals surface area contributed by atoms with Crippen LogP contribution in [0.5, 0.6) is 0 Å². The largest absolute Gasteiger partial charge is 0.313 e. The van der Waals surface area contributed by atoms with E-state index in [9.17, 15) is 0 Å². The van der Waals surface area contributed by atoms with E-state index in [1.54, 1.807) is 0 Å². The lowest BCUT2D eigenvalue weighted by molar-refractivity contribution is 0.263. The molecule has 1 unspecified atom stereocenters. The van der Waals surface area contributed by atoms with Crippen molar-refractivity contribution < 1.29 is 0 Å². The molecule has 0 aliphatic carbocycles. The monoisotopic (exact) mass is 243 g/mol. The first-order valence-corrected chi connectivity index (χ1v) is 7.16. The number of hydrogen-bond donors (Lipinski definition) is 1. The Hall–Kier alpha value is -0.120. The van der Waals surface area contributed by atoms with Crippen LogP contribution in [0.2, 0.25) is 0 Å². The second-order valence-electron chi connectivity index (χ2n) is 5.36. The molecule has 0 spiro atoms. The van der Waals surface area contributed by atoms with E-state index < -0.39 is 0 Å². The van der Waals surface area contributed by atoms with Crippen molar-refractivity contribution in [2.45, 2.75) is 45.6 Å². The normalized spacial score (nSPS) is 13.6. The highest BCUT2D eigenvalue weighted by Gasteiger charge is 2.09. The zero-order valence-corrected chi connectivity index (χ0v) is 12.6. The van der Waals surface area contributed by atoms with Gasteiger partial charge in [-0.1, -0.05) is 20.3 Å². The van der Waals surface area contributed by atoms with Crippen molar-refractivity contribution in [1.82, 2.24) is 15.1 Å². The van der Waals surface area contributed by atoms with E-state index in [-0.39, 0.29) is 0 Å². The predicted molar refractivity (Wildman–Crippen MR) is 77.7 cm³/mol. The van der Waals surface area contributed by atoms with Crippen LogP contribution in [0, 0.1) is 0 Å². The maximum Gasteiger partial charge on any atom is 0.0194 e. The van der Waals surface area contributed by atoms with Crippen LogP contribution >= 0.6 is 0 Å². The van der Waals surface area contributed by atoms with Gasteiger partial charge in [-0.2, -0.15) is 0 Å². The fraction of sp³-hybridized carbons (Fsp3) is 1.00. The third-order valence-corrected chi connectivity index (χ3v) is 3.00. The number of nitrogens with zero attached hydrogens (tertiary/aromatic N) is 2. The summed E-state index contributed by atoms with van der Waals surface area (Å²) in [6.45, 7) is 9.22. The Morgan fingerprint density at radius 3 is 2.24 bits per heavy atom. The Labute approximate surface area is 109 Å². The summed E-state index contributed by atoms with van der Waals surface area (Å²) >= 11 is 0. The quantitative estimate of drug-likeness (QED) is 0.599. The maximum atomic E-state index is 3.65. The highest BCUT2D eigenvalue weighted by Crippen LogP contribution is 2.00. The lowest BCUT2D eigenvalue weighted by Gasteiger charge is -2.25. The Kier molecular flexibility index (Phi) is 10.9. The molecule has 3 nitrogen and oxygen atoms in total. The van der Waals surface area contributed by atoms with Gasteiger partial charge in [0.15, 0.2) is 0 Å². The van der Waals surface area contributed by atoms with E-state index in [0.29, 0.717) is 6.04 Å². The minimum atomic E-state index is 0.671. The molecular weight excluding hydrogens is 210 g/mol. The summed E-state index contributed by atoms with van der Waals surface area (Å²) in [6.07, 6.45) is 5.05. The second kappa shape index (κ2) is 11.0. The van der Waals surface area contributed by atoms with Gasteiger partial charge >= 0.3 is 0 Å². The summed E-state index contributed by atoms with van der Waals surface area (Å²) in [6, 6.07) is 0.671. The van der Waals surface area contributed by atoms with Gasteiger partial charge in [0, 0.05) is 12.6 Å². The topological polar surface area (TPSA) is 18.5 Å². The molecule has 17 heavy (non-hydrogen) atoms. The lowest BCUT2D eigenvalue weighted by Crippen LogP contribution is -2.40. The Balaban J connectivity index is 3.73. The fourth-order valence-corrected chi connectivity index (χ4v) is 2.08. The van der Waals surface area contributed by atoms with Gasteiger partial charge in [-0.05, 0) is 60.0 Å². The van der Waals surface area contributed by atoms with E-state index in [1.165, 1.54) is 45.3 Å². The summed E-state index contributed by atoms with van der Waals surface area (Å²) < 4.78 is 0. The third-order valence-electron chi connectivity index (χ3n) is 3.00. The molecule has 0 aliphatic heterocycles. The number of rotatable bonds is 11. The number of nitrogens with one attached hydrogen (secondary N) is 1. The fourth-order valence-electron chi connectivity index (χ4n) is 2.08. The first-order valence-electron chi connectivity index (χ1n) is 7.16. The molecule has 0 rings (SSSR count). The first kappa shape index (κ1) is 16.9. The van der Waals surface area contributed by atoms with Gasteiger partial charge in [-0.15, -0.1) is 0 Å².